The first-order chi connectivity index (χ1) is 11.5. The number of anilines is 1. The number of pyridine rings is 2. The third-order valence-corrected chi connectivity index (χ3v) is 4.75. The second-order valence-electron chi connectivity index (χ2n) is 6.56. The number of carbonyl (C=O) groups is 1. The average Bonchev–Trinajstić information content (AvgIpc) is 2.57. The van der Waals surface area contributed by atoms with E-state index in [4.69, 9.17) is 0 Å². The van der Waals surface area contributed by atoms with Gasteiger partial charge in [0.2, 0.25) is 0 Å². The predicted octanol–water partition coefficient (Wildman–Crippen LogP) is 2.67. The van der Waals surface area contributed by atoms with E-state index in [1.807, 2.05) is 24.9 Å². The summed E-state index contributed by atoms with van der Waals surface area (Å²) in [5.41, 5.74) is 5.15. The van der Waals surface area contributed by atoms with Gasteiger partial charge in [0.25, 0.3) is 5.91 Å². The molecular weight excluding hydrogens is 300 g/mol. The minimum absolute atomic E-state index is 0.0805. The van der Waals surface area contributed by atoms with Crippen LogP contribution in [-0.4, -0.2) is 47.0 Å². The van der Waals surface area contributed by atoms with E-state index in [0.717, 1.165) is 30.0 Å². The maximum atomic E-state index is 12.8. The van der Waals surface area contributed by atoms with Gasteiger partial charge in [0.05, 0.1) is 5.56 Å². The molecule has 0 unspecified atom stereocenters. The molecule has 3 heterocycles. The number of hydrogen-bond acceptors (Lipinski definition) is 4. The van der Waals surface area contributed by atoms with E-state index in [1.165, 1.54) is 11.1 Å². The smallest absolute Gasteiger partial charge is 0.255 e. The molecule has 0 spiro atoms. The van der Waals surface area contributed by atoms with Crippen LogP contribution in [0.1, 0.15) is 32.6 Å². The van der Waals surface area contributed by atoms with Crippen LogP contribution in [0.3, 0.4) is 0 Å². The molecule has 1 amide bonds. The van der Waals surface area contributed by atoms with Crippen molar-refractivity contribution >= 4 is 11.7 Å². The monoisotopic (exact) mass is 324 g/mol. The SMILES string of the molecule is Cc1cnc(N2CCN(C(=O)c3cncc(C)c3C)CC2)c(C)c1. The lowest BCUT2D eigenvalue weighted by Crippen LogP contribution is -2.49. The van der Waals surface area contributed by atoms with Gasteiger partial charge in [-0.2, -0.15) is 0 Å². The maximum Gasteiger partial charge on any atom is 0.255 e. The van der Waals surface area contributed by atoms with Crippen LogP contribution in [-0.2, 0) is 0 Å². The Hall–Kier alpha value is -2.43. The normalized spacial score (nSPS) is 14.8. The van der Waals surface area contributed by atoms with Crippen LogP contribution in [0, 0.1) is 27.7 Å². The van der Waals surface area contributed by atoms with Crippen LogP contribution in [0.15, 0.2) is 24.7 Å². The molecule has 0 bridgehead atoms. The number of aromatic nitrogens is 2. The highest BCUT2D eigenvalue weighted by molar-refractivity contribution is 5.95. The number of carbonyl (C=O) groups excluding carboxylic acids is 1. The van der Waals surface area contributed by atoms with Gasteiger partial charge >= 0.3 is 0 Å². The third kappa shape index (κ3) is 3.11. The van der Waals surface area contributed by atoms with E-state index in [0.29, 0.717) is 18.7 Å². The molecular formula is C19H24N4O. The first-order valence-corrected chi connectivity index (χ1v) is 8.36. The van der Waals surface area contributed by atoms with E-state index in [1.54, 1.807) is 12.4 Å². The molecule has 1 saturated heterocycles. The Morgan fingerprint density at radius 1 is 0.958 bits per heavy atom. The highest BCUT2D eigenvalue weighted by Gasteiger charge is 2.24. The first kappa shape index (κ1) is 16.4. The fraction of sp³-hybridized carbons (Fsp3) is 0.421. The molecule has 0 atom stereocenters. The Bertz CT molecular complexity index is 764. The van der Waals surface area contributed by atoms with E-state index in [-0.39, 0.29) is 5.91 Å². The Morgan fingerprint density at radius 3 is 2.33 bits per heavy atom. The lowest BCUT2D eigenvalue weighted by atomic mass is 10.1. The summed E-state index contributed by atoms with van der Waals surface area (Å²) < 4.78 is 0. The molecule has 0 radical (unpaired) electrons. The van der Waals surface area contributed by atoms with Crippen LogP contribution in [0.2, 0.25) is 0 Å². The van der Waals surface area contributed by atoms with Gasteiger partial charge in [-0.3, -0.25) is 9.78 Å². The van der Waals surface area contributed by atoms with Crippen molar-refractivity contribution in [3.05, 3.63) is 52.5 Å². The highest BCUT2D eigenvalue weighted by Crippen LogP contribution is 2.21. The average molecular weight is 324 g/mol. The first-order valence-electron chi connectivity index (χ1n) is 8.36. The lowest BCUT2D eigenvalue weighted by Gasteiger charge is -2.36. The molecule has 5 nitrogen and oxygen atoms in total. The number of piperazine rings is 1. The standard InChI is InChI=1S/C19H24N4O/c1-13-9-14(2)18(21-10-13)22-5-7-23(8-6-22)19(24)17-12-20-11-15(3)16(17)4/h9-12H,5-8H2,1-4H3. The van der Waals surface area contributed by atoms with Gasteiger partial charge in [-0.15, -0.1) is 0 Å². The largest absolute Gasteiger partial charge is 0.353 e. The number of rotatable bonds is 2. The van der Waals surface area contributed by atoms with Gasteiger partial charge in [0.15, 0.2) is 0 Å². The van der Waals surface area contributed by atoms with Crippen molar-refractivity contribution in [1.82, 2.24) is 14.9 Å². The third-order valence-electron chi connectivity index (χ3n) is 4.75. The zero-order valence-electron chi connectivity index (χ0n) is 14.8. The summed E-state index contributed by atoms with van der Waals surface area (Å²) >= 11 is 0. The summed E-state index contributed by atoms with van der Waals surface area (Å²) in [6.45, 7) is 11.2. The van der Waals surface area contributed by atoms with E-state index in [9.17, 15) is 4.79 Å². The Labute approximate surface area is 143 Å². The Kier molecular flexibility index (Phi) is 4.51. The molecule has 24 heavy (non-hydrogen) atoms. The van der Waals surface area contributed by atoms with Crippen LogP contribution in [0.5, 0.6) is 0 Å². The summed E-state index contributed by atoms with van der Waals surface area (Å²) in [5.74, 6) is 1.11. The lowest BCUT2D eigenvalue weighted by molar-refractivity contribution is 0.0745. The van der Waals surface area contributed by atoms with Crippen LogP contribution in [0.4, 0.5) is 5.82 Å². The number of aryl methyl sites for hydroxylation is 3. The Morgan fingerprint density at radius 2 is 1.67 bits per heavy atom. The number of nitrogens with zero attached hydrogens (tertiary/aromatic N) is 4. The van der Waals surface area contributed by atoms with Gasteiger partial charge in [-0.1, -0.05) is 6.07 Å². The molecule has 0 aliphatic carbocycles. The molecule has 5 heteroatoms. The number of amides is 1. The van der Waals surface area contributed by atoms with Gasteiger partial charge in [0, 0.05) is 44.8 Å². The van der Waals surface area contributed by atoms with Crippen molar-refractivity contribution in [2.45, 2.75) is 27.7 Å². The van der Waals surface area contributed by atoms with Crippen molar-refractivity contribution in [3.8, 4) is 0 Å². The molecule has 0 N–H and O–H groups in total. The highest BCUT2D eigenvalue weighted by atomic mass is 16.2. The zero-order chi connectivity index (χ0) is 17.3. The molecule has 3 rings (SSSR count). The minimum atomic E-state index is 0.0805. The van der Waals surface area contributed by atoms with Crippen LogP contribution < -0.4 is 4.90 Å². The predicted molar refractivity (Wildman–Crippen MR) is 95.5 cm³/mol. The second kappa shape index (κ2) is 6.59. The molecule has 0 saturated carbocycles. The molecule has 0 aromatic carbocycles. The van der Waals surface area contributed by atoms with E-state index < -0.39 is 0 Å². The molecule has 1 aliphatic rings. The van der Waals surface area contributed by atoms with Gasteiger partial charge < -0.3 is 9.80 Å². The minimum Gasteiger partial charge on any atom is -0.353 e. The molecule has 1 fully saturated rings. The van der Waals surface area contributed by atoms with E-state index >= 15 is 0 Å². The fourth-order valence-corrected chi connectivity index (χ4v) is 3.18. The quantitative estimate of drug-likeness (QED) is 0.852. The Balaban J connectivity index is 1.71. The molecule has 2 aromatic rings. The summed E-state index contributed by atoms with van der Waals surface area (Å²) in [6, 6.07) is 2.15. The van der Waals surface area contributed by atoms with Gasteiger partial charge in [-0.05, 0) is 49.9 Å². The van der Waals surface area contributed by atoms with Crippen molar-refractivity contribution in [3.63, 3.8) is 0 Å². The van der Waals surface area contributed by atoms with Crippen LogP contribution >= 0.6 is 0 Å². The molecule has 1 aliphatic heterocycles. The van der Waals surface area contributed by atoms with Crippen molar-refractivity contribution in [1.29, 1.82) is 0 Å². The summed E-state index contributed by atoms with van der Waals surface area (Å²) in [7, 11) is 0. The zero-order valence-corrected chi connectivity index (χ0v) is 14.8. The van der Waals surface area contributed by atoms with Gasteiger partial charge in [0.1, 0.15) is 5.82 Å². The van der Waals surface area contributed by atoms with Crippen LogP contribution in [0.25, 0.3) is 0 Å². The van der Waals surface area contributed by atoms with Gasteiger partial charge in [-0.25, -0.2) is 4.98 Å². The van der Waals surface area contributed by atoms with Crippen molar-refractivity contribution in [2.24, 2.45) is 0 Å². The van der Waals surface area contributed by atoms with E-state index in [2.05, 4.69) is 34.8 Å². The molecule has 2 aromatic heterocycles. The summed E-state index contributed by atoms with van der Waals surface area (Å²) in [6.07, 6.45) is 5.39. The van der Waals surface area contributed by atoms with Crippen molar-refractivity contribution in [2.75, 3.05) is 31.1 Å². The summed E-state index contributed by atoms with van der Waals surface area (Å²) in [4.78, 5) is 25.7. The maximum absolute atomic E-state index is 12.8. The number of hydrogen-bond donors (Lipinski definition) is 0. The molecule has 126 valence electrons. The topological polar surface area (TPSA) is 49.3 Å². The second-order valence-corrected chi connectivity index (χ2v) is 6.56. The fourth-order valence-electron chi connectivity index (χ4n) is 3.18. The van der Waals surface area contributed by atoms with Crippen molar-refractivity contribution < 1.29 is 4.79 Å². The summed E-state index contributed by atoms with van der Waals surface area (Å²) in [5, 5.41) is 0.